The lowest BCUT2D eigenvalue weighted by Gasteiger charge is -2.11. The predicted molar refractivity (Wildman–Crippen MR) is 113 cm³/mol. The van der Waals surface area contributed by atoms with E-state index in [4.69, 9.17) is 0 Å². The van der Waals surface area contributed by atoms with Gasteiger partial charge in [-0.15, -0.1) is 34.2 Å². The lowest BCUT2D eigenvalue weighted by Crippen LogP contribution is -2.38. The van der Waals surface area contributed by atoms with Crippen LogP contribution in [-0.2, 0) is 13.0 Å². The highest BCUT2D eigenvalue weighted by Gasteiger charge is 2.04. The molecule has 0 aliphatic rings. The van der Waals surface area contributed by atoms with Crippen LogP contribution in [0.1, 0.15) is 18.7 Å². The van der Waals surface area contributed by atoms with Crippen LogP contribution in [0, 0.1) is 0 Å². The number of nitrogens with zero attached hydrogens (tertiary/aromatic N) is 6. The molecule has 3 heterocycles. The van der Waals surface area contributed by atoms with Gasteiger partial charge in [-0.05, 0) is 31.0 Å². The second-order valence-corrected chi connectivity index (χ2v) is 5.70. The Bertz CT molecular complexity index is 796. The van der Waals surface area contributed by atoms with Crippen molar-refractivity contribution in [1.29, 1.82) is 0 Å². The van der Waals surface area contributed by atoms with Gasteiger partial charge in [0.05, 0.1) is 0 Å². The summed E-state index contributed by atoms with van der Waals surface area (Å²) in [6.45, 7) is 2.59. The van der Waals surface area contributed by atoms with Gasteiger partial charge in [0.15, 0.2) is 11.6 Å². The van der Waals surface area contributed by atoms with E-state index >= 15 is 0 Å². The average Bonchev–Trinajstić information content (AvgIpc) is 3.30. The molecule has 0 saturated heterocycles. The molecule has 0 unspecified atom stereocenters. The van der Waals surface area contributed by atoms with Gasteiger partial charge >= 0.3 is 0 Å². The number of pyridine rings is 1. The van der Waals surface area contributed by atoms with Gasteiger partial charge < -0.3 is 10.6 Å². The zero-order chi connectivity index (χ0) is 17.3. The Morgan fingerprint density at radius 2 is 1.92 bits per heavy atom. The number of nitrogens with one attached hydrogen (secondary N) is 2. The van der Waals surface area contributed by atoms with Crippen LogP contribution in [0.5, 0.6) is 0 Å². The standard InChI is InChI=1S/C17H24N8.HI/c1-18-17(20-10-5-12-24-13-6-11-21-24)19-9-4-8-16-23-22-15-7-2-3-14-25(15)16;/h2-3,6-7,11,13-14H,4-5,8-10,12H2,1H3,(H2,18,19,20);1H. The topological polar surface area (TPSA) is 84.4 Å². The maximum Gasteiger partial charge on any atom is 0.190 e. The van der Waals surface area contributed by atoms with Crippen molar-refractivity contribution in [3.05, 3.63) is 48.7 Å². The molecule has 0 bridgehead atoms. The Labute approximate surface area is 170 Å². The summed E-state index contributed by atoms with van der Waals surface area (Å²) in [7, 11) is 1.79. The van der Waals surface area contributed by atoms with E-state index in [1.807, 2.05) is 45.7 Å². The van der Waals surface area contributed by atoms with Gasteiger partial charge in [0.2, 0.25) is 0 Å². The molecule has 0 spiro atoms. The minimum atomic E-state index is 0. The Morgan fingerprint density at radius 3 is 2.69 bits per heavy atom. The number of aliphatic imine (C=N–C) groups is 1. The number of aryl methyl sites for hydroxylation is 2. The molecule has 3 aromatic rings. The third kappa shape index (κ3) is 5.68. The first-order chi connectivity index (χ1) is 12.4. The molecule has 3 rings (SSSR count). The summed E-state index contributed by atoms with van der Waals surface area (Å²) in [6, 6.07) is 7.86. The Balaban J connectivity index is 0.00000243. The minimum Gasteiger partial charge on any atom is -0.356 e. The zero-order valence-corrected chi connectivity index (χ0v) is 17.2. The van der Waals surface area contributed by atoms with Crippen LogP contribution in [0.2, 0.25) is 0 Å². The molecule has 0 fully saturated rings. The third-order valence-electron chi connectivity index (χ3n) is 3.89. The van der Waals surface area contributed by atoms with Crippen LogP contribution in [-0.4, -0.2) is 50.5 Å². The van der Waals surface area contributed by atoms with Crippen LogP contribution >= 0.6 is 24.0 Å². The first-order valence-corrected chi connectivity index (χ1v) is 8.57. The Hall–Kier alpha value is -2.17. The first-order valence-electron chi connectivity index (χ1n) is 8.57. The first kappa shape index (κ1) is 20.1. The maximum absolute atomic E-state index is 4.25. The number of aromatic nitrogens is 5. The van der Waals surface area contributed by atoms with Crippen LogP contribution in [0.15, 0.2) is 47.8 Å². The Morgan fingerprint density at radius 1 is 1.08 bits per heavy atom. The van der Waals surface area contributed by atoms with E-state index in [1.165, 1.54) is 0 Å². The van der Waals surface area contributed by atoms with Crippen molar-refractivity contribution >= 4 is 35.6 Å². The third-order valence-corrected chi connectivity index (χ3v) is 3.89. The number of guanidine groups is 1. The van der Waals surface area contributed by atoms with Crippen molar-refractivity contribution in [3.63, 3.8) is 0 Å². The lowest BCUT2D eigenvalue weighted by atomic mass is 10.3. The molecular weight excluding hydrogens is 443 g/mol. The van der Waals surface area contributed by atoms with Gasteiger partial charge in [-0.2, -0.15) is 5.10 Å². The summed E-state index contributed by atoms with van der Waals surface area (Å²) in [5, 5.41) is 19.3. The summed E-state index contributed by atoms with van der Waals surface area (Å²) in [5.74, 6) is 1.81. The summed E-state index contributed by atoms with van der Waals surface area (Å²) < 4.78 is 3.96. The van der Waals surface area contributed by atoms with Gasteiger partial charge in [0.1, 0.15) is 5.82 Å². The smallest absolute Gasteiger partial charge is 0.190 e. The highest BCUT2D eigenvalue weighted by Crippen LogP contribution is 2.04. The van der Waals surface area contributed by atoms with Crippen LogP contribution in [0.3, 0.4) is 0 Å². The normalized spacial score (nSPS) is 11.3. The van der Waals surface area contributed by atoms with E-state index in [1.54, 1.807) is 13.2 Å². The van der Waals surface area contributed by atoms with Gasteiger partial charge in [0.25, 0.3) is 0 Å². The van der Waals surface area contributed by atoms with Gasteiger partial charge in [-0.25, -0.2) is 0 Å². The van der Waals surface area contributed by atoms with Crippen molar-refractivity contribution in [2.24, 2.45) is 4.99 Å². The molecule has 3 aromatic heterocycles. The van der Waals surface area contributed by atoms with Crippen molar-refractivity contribution in [2.45, 2.75) is 25.8 Å². The molecule has 140 valence electrons. The van der Waals surface area contributed by atoms with E-state index in [2.05, 4.69) is 30.9 Å². The summed E-state index contributed by atoms with van der Waals surface area (Å²) in [6.07, 6.45) is 8.60. The van der Waals surface area contributed by atoms with Gasteiger partial charge in [-0.1, -0.05) is 6.07 Å². The van der Waals surface area contributed by atoms with E-state index < -0.39 is 0 Å². The molecule has 0 aliphatic carbocycles. The minimum absolute atomic E-state index is 0. The highest BCUT2D eigenvalue weighted by molar-refractivity contribution is 14.0. The fourth-order valence-corrected chi connectivity index (χ4v) is 2.62. The van der Waals surface area contributed by atoms with Crippen molar-refractivity contribution in [1.82, 2.24) is 35.0 Å². The zero-order valence-electron chi connectivity index (χ0n) is 14.9. The number of hydrogen-bond donors (Lipinski definition) is 2. The molecule has 0 saturated carbocycles. The highest BCUT2D eigenvalue weighted by atomic mass is 127. The van der Waals surface area contributed by atoms with Crippen LogP contribution in [0.4, 0.5) is 0 Å². The summed E-state index contributed by atoms with van der Waals surface area (Å²) >= 11 is 0. The molecule has 0 radical (unpaired) electrons. The van der Waals surface area contributed by atoms with Crippen molar-refractivity contribution in [3.8, 4) is 0 Å². The van der Waals surface area contributed by atoms with Crippen LogP contribution < -0.4 is 10.6 Å². The van der Waals surface area contributed by atoms with E-state index in [9.17, 15) is 0 Å². The van der Waals surface area contributed by atoms with E-state index in [-0.39, 0.29) is 24.0 Å². The van der Waals surface area contributed by atoms with E-state index in [0.29, 0.717) is 0 Å². The van der Waals surface area contributed by atoms with Crippen LogP contribution in [0.25, 0.3) is 5.65 Å². The van der Waals surface area contributed by atoms with Gasteiger partial charge in [0, 0.05) is 51.7 Å². The molecule has 8 nitrogen and oxygen atoms in total. The number of halogens is 1. The largest absolute Gasteiger partial charge is 0.356 e. The quantitative estimate of drug-likeness (QED) is 0.228. The second kappa shape index (κ2) is 10.7. The molecule has 0 amide bonds. The molecule has 9 heteroatoms. The van der Waals surface area contributed by atoms with Gasteiger partial charge in [-0.3, -0.25) is 14.1 Å². The van der Waals surface area contributed by atoms with E-state index in [0.717, 1.165) is 56.3 Å². The van der Waals surface area contributed by atoms with Crippen molar-refractivity contribution < 1.29 is 0 Å². The number of hydrogen-bond acceptors (Lipinski definition) is 4. The number of rotatable bonds is 8. The number of fused-ring (bicyclic) bond motifs is 1. The molecule has 0 aromatic carbocycles. The average molecular weight is 468 g/mol. The molecule has 2 N–H and O–H groups in total. The summed E-state index contributed by atoms with van der Waals surface area (Å²) in [5.41, 5.74) is 0.889. The monoisotopic (exact) mass is 468 g/mol. The molecule has 0 aliphatic heterocycles. The fraction of sp³-hybridized carbons (Fsp3) is 0.412. The maximum atomic E-state index is 4.25. The Kier molecular flexibility index (Phi) is 8.32. The molecular formula is C17H25IN8. The summed E-state index contributed by atoms with van der Waals surface area (Å²) in [4.78, 5) is 4.25. The fourth-order valence-electron chi connectivity index (χ4n) is 2.62. The SMILES string of the molecule is CN=C(NCCCc1nnc2ccccn12)NCCCn1cccn1.I. The lowest BCUT2D eigenvalue weighted by molar-refractivity contribution is 0.569. The molecule has 0 atom stereocenters. The molecule has 26 heavy (non-hydrogen) atoms. The van der Waals surface area contributed by atoms with Crippen molar-refractivity contribution in [2.75, 3.05) is 20.1 Å². The predicted octanol–water partition coefficient (Wildman–Crippen LogP) is 1.73. The second-order valence-electron chi connectivity index (χ2n) is 5.70.